The van der Waals surface area contributed by atoms with Crippen molar-refractivity contribution in [2.45, 2.75) is 70.7 Å². The second kappa shape index (κ2) is 13.6. The average Bonchev–Trinajstić information content (AvgIpc) is 3.26. The van der Waals surface area contributed by atoms with Gasteiger partial charge in [-0.2, -0.15) is 17.9 Å². The summed E-state index contributed by atoms with van der Waals surface area (Å²) in [7, 11) is -4.45. The lowest BCUT2D eigenvalue weighted by atomic mass is 10.0. The molecule has 0 unspecified atom stereocenters. The van der Waals surface area contributed by atoms with Crippen LogP contribution in [0.5, 0.6) is 0 Å². The molecule has 11 nitrogen and oxygen atoms in total. The first-order valence-electron chi connectivity index (χ1n) is 14.6. The number of rotatable bonds is 9. The predicted molar refractivity (Wildman–Crippen MR) is 169 cm³/mol. The summed E-state index contributed by atoms with van der Waals surface area (Å²) in [5, 5.41) is 6.55. The van der Waals surface area contributed by atoms with E-state index < -0.39 is 63.1 Å². The minimum Gasteiger partial charge on any atom is -0.443 e. The van der Waals surface area contributed by atoms with Crippen LogP contribution in [0.15, 0.2) is 70.4 Å². The standard InChI is InChI=1S/C32H33F4N5O6S/c1-6-9-28-38-41(26-17-22(37-19(2)42)14-15-24(26)32(34,35)36)30(44)40(28)18-21-13-12-20(16-25(21)33)23-10-7-8-11-27(23)48(45,46)39-29(43)47-31(3,4)5/h7-8,10-17H,6,9,18H2,1-5H3,(H,37,42)(H,39,43). The largest absolute Gasteiger partial charge is 0.443 e. The molecule has 2 amide bonds. The van der Waals surface area contributed by atoms with Crippen molar-refractivity contribution in [2.75, 3.05) is 5.32 Å². The van der Waals surface area contributed by atoms with Gasteiger partial charge in [0, 0.05) is 30.2 Å². The van der Waals surface area contributed by atoms with Crippen molar-refractivity contribution in [3.8, 4) is 16.8 Å². The van der Waals surface area contributed by atoms with E-state index in [1.807, 2.05) is 4.72 Å². The summed E-state index contributed by atoms with van der Waals surface area (Å²) in [6.07, 6.45) is -5.44. The van der Waals surface area contributed by atoms with E-state index in [1.54, 1.807) is 27.7 Å². The zero-order valence-electron chi connectivity index (χ0n) is 26.6. The van der Waals surface area contributed by atoms with E-state index in [-0.39, 0.29) is 39.5 Å². The van der Waals surface area contributed by atoms with Gasteiger partial charge >= 0.3 is 18.0 Å². The molecule has 0 aliphatic carbocycles. The van der Waals surface area contributed by atoms with E-state index in [4.69, 9.17) is 4.74 Å². The van der Waals surface area contributed by atoms with Gasteiger partial charge in [0.25, 0.3) is 10.0 Å². The Morgan fingerprint density at radius 3 is 2.29 bits per heavy atom. The van der Waals surface area contributed by atoms with Crippen LogP contribution in [0.1, 0.15) is 58.0 Å². The fourth-order valence-corrected chi connectivity index (χ4v) is 5.91. The Morgan fingerprint density at radius 1 is 1.00 bits per heavy atom. The second-order valence-electron chi connectivity index (χ2n) is 11.8. The Labute approximate surface area is 273 Å². The van der Waals surface area contributed by atoms with Gasteiger partial charge < -0.3 is 10.1 Å². The molecule has 0 saturated heterocycles. The third kappa shape index (κ3) is 8.29. The first-order valence-corrected chi connectivity index (χ1v) is 16.1. The SMILES string of the molecule is CCCc1nn(-c2cc(NC(C)=O)ccc2C(F)(F)F)c(=O)n1Cc1ccc(-c2ccccc2S(=O)(=O)NC(=O)OC(C)(C)C)cc1F. The van der Waals surface area contributed by atoms with E-state index in [2.05, 4.69) is 10.4 Å². The summed E-state index contributed by atoms with van der Waals surface area (Å²) >= 11 is 0. The number of ether oxygens (including phenoxy) is 1. The molecule has 48 heavy (non-hydrogen) atoms. The highest BCUT2D eigenvalue weighted by atomic mass is 32.2. The van der Waals surface area contributed by atoms with E-state index in [0.717, 1.165) is 28.8 Å². The molecule has 0 aliphatic heterocycles. The fourth-order valence-electron chi connectivity index (χ4n) is 4.81. The summed E-state index contributed by atoms with van der Waals surface area (Å²) in [6, 6.07) is 12.1. The molecule has 4 rings (SSSR count). The molecule has 0 aliphatic rings. The summed E-state index contributed by atoms with van der Waals surface area (Å²) in [5.41, 5.74) is -3.57. The number of hydrogen-bond donors (Lipinski definition) is 2. The zero-order chi connectivity index (χ0) is 35.6. The quantitative estimate of drug-likeness (QED) is 0.204. The number of aryl methyl sites for hydroxylation is 1. The highest BCUT2D eigenvalue weighted by molar-refractivity contribution is 7.90. The number of aromatic nitrogens is 3. The Kier molecular flexibility index (Phi) is 10.2. The van der Waals surface area contributed by atoms with E-state index >= 15 is 4.39 Å². The molecule has 16 heteroatoms. The lowest BCUT2D eigenvalue weighted by Gasteiger charge is -2.20. The van der Waals surface area contributed by atoms with Gasteiger partial charge in [-0.3, -0.25) is 9.36 Å². The van der Waals surface area contributed by atoms with E-state index in [1.165, 1.54) is 43.3 Å². The highest BCUT2D eigenvalue weighted by Crippen LogP contribution is 2.35. The average molecular weight is 692 g/mol. The van der Waals surface area contributed by atoms with Crippen LogP contribution in [0.3, 0.4) is 0 Å². The molecule has 1 aromatic heterocycles. The molecular weight excluding hydrogens is 658 g/mol. The van der Waals surface area contributed by atoms with Gasteiger partial charge in [-0.25, -0.2) is 27.1 Å². The third-order valence-corrected chi connectivity index (χ3v) is 8.12. The molecule has 4 aromatic rings. The van der Waals surface area contributed by atoms with Gasteiger partial charge in [-0.05, 0) is 63.1 Å². The Morgan fingerprint density at radius 2 is 1.69 bits per heavy atom. The molecule has 0 spiro atoms. The fraction of sp³-hybridized carbons (Fsp3) is 0.312. The Hall–Kier alpha value is -4.99. The molecule has 0 atom stereocenters. The maximum atomic E-state index is 15.6. The van der Waals surface area contributed by atoms with Gasteiger partial charge in [0.1, 0.15) is 17.2 Å². The van der Waals surface area contributed by atoms with Gasteiger partial charge in [0.2, 0.25) is 5.91 Å². The van der Waals surface area contributed by atoms with Crippen LogP contribution in [-0.2, 0) is 38.7 Å². The summed E-state index contributed by atoms with van der Waals surface area (Å²) < 4.78 is 92.3. The summed E-state index contributed by atoms with van der Waals surface area (Å²) in [5.74, 6) is -1.29. The number of hydrogen-bond acceptors (Lipinski definition) is 7. The van der Waals surface area contributed by atoms with Gasteiger partial charge in [0.05, 0.1) is 22.7 Å². The van der Waals surface area contributed by atoms with Crippen molar-refractivity contribution in [1.82, 2.24) is 19.1 Å². The van der Waals surface area contributed by atoms with Crippen LogP contribution in [0.2, 0.25) is 0 Å². The van der Waals surface area contributed by atoms with E-state index in [9.17, 15) is 36.0 Å². The van der Waals surface area contributed by atoms with E-state index in [0.29, 0.717) is 11.1 Å². The Bertz CT molecular complexity index is 2030. The van der Waals surface area contributed by atoms with Crippen LogP contribution in [0.4, 0.5) is 28.0 Å². The van der Waals surface area contributed by atoms with Crippen molar-refractivity contribution in [3.63, 3.8) is 0 Å². The number of alkyl halides is 3. The third-order valence-electron chi connectivity index (χ3n) is 6.75. The minimum absolute atomic E-state index is 0.00853. The van der Waals surface area contributed by atoms with Crippen molar-refractivity contribution in [1.29, 1.82) is 0 Å². The molecule has 0 saturated carbocycles. The molecular formula is C32H33F4N5O6S. The normalized spacial score (nSPS) is 12.1. The molecule has 1 heterocycles. The number of amides is 2. The first-order chi connectivity index (χ1) is 22.3. The number of halogens is 4. The molecule has 2 N–H and O–H groups in total. The number of nitrogens with one attached hydrogen (secondary N) is 2. The van der Waals surface area contributed by atoms with Crippen LogP contribution in [0.25, 0.3) is 16.8 Å². The lowest BCUT2D eigenvalue weighted by molar-refractivity contribution is -0.137. The molecule has 0 radical (unpaired) electrons. The first kappa shape index (κ1) is 35.9. The molecule has 0 bridgehead atoms. The number of anilines is 1. The van der Waals surface area contributed by atoms with Crippen molar-refractivity contribution in [2.24, 2.45) is 0 Å². The van der Waals surface area contributed by atoms with Crippen LogP contribution in [0, 0.1) is 5.82 Å². The number of benzene rings is 3. The van der Waals surface area contributed by atoms with Crippen LogP contribution >= 0.6 is 0 Å². The maximum Gasteiger partial charge on any atom is 0.421 e. The van der Waals surface area contributed by atoms with Crippen molar-refractivity contribution < 1.29 is 40.3 Å². The van der Waals surface area contributed by atoms with Crippen LogP contribution < -0.4 is 15.7 Å². The van der Waals surface area contributed by atoms with Gasteiger partial charge in [-0.1, -0.05) is 37.3 Å². The van der Waals surface area contributed by atoms with Crippen LogP contribution in [-0.4, -0.2) is 40.4 Å². The second-order valence-corrected chi connectivity index (χ2v) is 13.4. The monoisotopic (exact) mass is 691 g/mol. The molecule has 3 aromatic carbocycles. The molecule has 0 fully saturated rings. The van der Waals surface area contributed by atoms with Gasteiger partial charge in [0.15, 0.2) is 0 Å². The molecule has 256 valence electrons. The maximum absolute atomic E-state index is 15.6. The number of sulfonamides is 1. The van der Waals surface area contributed by atoms with Crippen molar-refractivity contribution >= 4 is 27.7 Å². The smallest absolute Gasteiger partial charge is 0.421 e. The zero-order valence-corrected chi connectivity index (χ0v) is 27.4. The summed E-state index contributed by atoms with van der Waals surface area (Å²) in [4.78, 5) is 37.0. The number of nitrogens with zero attached hydrogens (tertiary/aromatic N) is 3. The minimum atomic E-state index is -4.87. The predicted octanol–water partition coefficient (Wildman–Crippen LogP) is 6.03. The number of carbonyl (C=O) groups excluding carboxylic acids is 2. The lowest BCUT2D eigenvalue weighted by Crippen LogP contribution is -2.36. The number of carbonyl (C=O) groups is 2. The topological polar surface area (TPSA) is 141 Å². The van der Waals surface area contributed by atoms with Gasteiger partial charge in [-0.15, -0.1) is 5.10 Å². The highest BCUT2D eigenvalue weighted by Gasteiger charge is 2.35. The Balaban J connectivity index is 1.74. The summed E-state index contributed by atoms with van der Waals surface area (Å²) in [6.45, 7) is 7.22. The van der Waals surface area contributed by atoms with Crippen molar-refractivity contribution in [3.05, 3.63) is 93.9 Å².